The molecule has 38 heavy (non-hydrogen) atoms. The fourth-order valence-corrected chi connectivity index (χ4v) is 3.90. The minimum Gasteiger partial charge on any atom is -0.508 e. The predicted molar refractivity (Wildman–Crippen MR) is 149 cm³/mol. The van der Waals surface area contributed by atoms with Crippen molar-refractivity contribution in [2.75, 3.05) is 17.0 Å². The van der Waals surface area contributed by atoms with E-state index in [-0.39, 0.29) is 5.75 Å². The Balaban J connectivity index is 1.56. The smallest absolute Gasteiger partial charge is 0.338 e. The molecule has 198 valence electrons. The van der Waals surface area contributed by atoms with Crippen LogP contribution >= 0.6 is 0 Å². The molecule has 0 saturated carbocycles. The van der Waals surface area contributed by atoms with Gasteiger partial charge in [0.25, 0.3) is 0 Å². The number of phenolic OH excluding ortho intramolecular Hbond substituents is 1. The molecule has 3 N–H and O–H groups in total. The summed E-state index contributed by atoms with van der Waals surface area (Å²) in [4.78, 5) is 12.3. The van der Waals surface area contributed by atoms with Crippen molar-refractivity contribution < 1.29 is 24.5 Å². The molecular weight excluding hydrogens is 484 g/mol. The van der Waals surface area contributed by atoms with E-state index in [1.54, 1.807) is 43.3 Å². The van der Waals surface area contributed by atoms with Crippen LogP contribution in [0.3, 0.4) is 0 Å². The lowest BCUT2D eigenvalue weighted by molar-refractivity contribution is 0.00695. The molecule has 1 aliphatic heterocycles. The molecule has 1 atom stereocenters. The average Bonchev–Trinajstić information content (AvgIpc) is 3.15. The van der Waals surface area contributed by atoms with Gasteiger partial charge in [-0.3, -0.25) is 5.43 Å². The van der Waals surface area contributed by atoms with Crippen molar-refractivity contribution in [2.24, 2.45) is 10.2 Å². The summed E-state index contributed by atoms with van der Waals surface area (Å²) in [5.41, 5.74) is 6.25. The highest BCUT2D eigenvalue weighted by Gasteiger charge is 2.31. The maximum absolute atomic E-state index is 12.3. The summed E-state index contributed by atoms with van der Waals surface area (Å²) < 4.78 is 11.0. The molecule has 4 rings (SSSR count). The Kier molecular flexibility index (Phi) is 7.68. The number of hydrazone groups is 2. The second kappa shape index (κ2) is 10.9. The molecule has 3 aromatic rings. The normalized spacial score (nSPS) is 16.4. The monoisotopic (exact) mass is 516 g/mol. The predicted octanol–water partition coefficient (Wildman–Crippen LogP) is 5.40. The lowest BCUT2D eigenvalue weighted by Crippen LogP contribution is -2.33. The molecule has 0 fully saturated rings. The molecule has 0 aliphatic carbocycles. The van der Waals surface area contributed by atoms with Gasteiger partial charge in [-0.2, -0.15) is 10.2 Å². The first kappa shape index (κ1) is 26.7. The lowest BCUT2D eigenvalue weighted by Gasteiger charge is -2.20. The zero-order chi connectivity index (χ0) is 27.4. The number of aliphatic hydroxyl groups is 1. The van der Waals surface area contributed by atoms with Crippen LogP contribution in [0.4, 0.5) is 11.4 Å². The largest absolute Gasteiger partial charge is 0.508 e. The molecule has 0 bridgehead atoms. The van der Waals surface area contributed by atoms with Gasteiger partial charge in [0.2, 0.25) is 0 Å². The minimum absolute atomic E-state index is 0.00271. The van der Waals surface area contributed by atoms with Crippen molar-refractivity contribution >= 4 is 28.8 Å². The van der Waals surface area contributed by atoms with E-state index in [0.29, 0.717) is 46.3 Å². The second-order valence-electron chi connectivity index (χ2n) is 9.76. The van der Waals surface area contributed by atoms with E-state index in [4.69, 9.17) is 9.47 Å². The molecule has 0 aromatic heterocycles. The van der Waals surface area contributed by atoms with Gasteiger partial charge in [-0.25, -0.2) is 9.80 Å². The zero-order valence-electron chi connectivity index (χ0n) is 22.1. The van der Waals surface area contributed by atoms with Gasteiger partial charge in [0.05, 0.1) is 29.3 Å². The number of ether oxygens (including phenoxy) is 2. The van der Waals surface area contributed by atoms with Gasteiger partial charge in [0.15, 0.2) is 6.23 Å². The number of rotatable bonds is 7. The van der Waals surface area contributed by atoms with E-state index in [1.807, 2.05) is 52.0 Å². The van der Waals surface area contributed by atoms with Gasteiger partial charge < -0.3 is 19.7 Å². The number of phenols is 1. The second-order valence-corrected chi connectivity index (χ2v) is 9.76. The Labute approximate surface area is 222 Å². The van der Waals surface area contributed by atoms with Gasteiger partial charge in [-0.1, -0.05) is 24.3 Å². The van der Waals surface area contributed by atoms with Crippen LogP contribution in [-0.2, 0) is 4.74 Å². The van der Waals surface area contributed by atoms with Crippen LogP contribution in [0, 0.1) is 0 Å². The molecule has 0 spiro atoms. The molecule has 0 amide bonds. The van der Waals surface area contributed by atoms with Crippen molar-refractivity contribution in [3.63, 3.8) is 0 Å². The van der Waals surface area contributed by atoms with Crippen LogP contribution in [0.5, 0.6) is 11.5 Å². The third-order valence-corrected chi connectivity index (χ3v) is 5.61. The van der Waals surface area contributed by atoms with Crippen molar-refractivity contribution in [2.45, 2.75) is 46.4 Å². The van der Waals surface area contributed by atoms with Crippen molar-refractivity contribution in [1.29, 1.82) is 0 Å². The number of anilines is 2. The van der Waals surface area contributed by atoms with E-state index in [2.05, 4.69) is 15.6 Å². The lowest BCUT2D eigenvalue weighted by atomic mass is 10.0. The topological polar surface area (TPSA) is 116 Å². The fraction of sp³-hybridized carbons (Fsp3) is 0.276. The summed E-state index contributed by atoms with van der Waals surface area (Å²) in [6.45, 7) is 9.60. The first-order valence-corrected chi connectivity index (χ1v) is 12.3. The number of benzene rings is 3. The highest BCUT2D eigenvalue weighted by Crippen LogP contribution is 2.33. The van der Waals surface area contributed by atoms with Crippen molar-refractivity contribution in [3.05, 3.63) is 72.3 Å². The number of carbonyl (C=O) groups is 1. The molecule has 1 aliphatic rings. The maximum atomic E-state index is 12.3. The van der Waals surface area contributed by atoms with Crippen molar-refractivity contribution in [3.8, 4) is 22.6 Å². The summed E-state index contributed by atoms with van der Waals surface area (Å²) in [5.74, 6) is 0.242. The number of nitrogens with one attached hydrogen (secondary N) is 1. The number of esters is 1. The van der Waals surface area contributed by atoms with E-state index in [1.165, 1.54) is 11.1 Å². The minimum atomic E-state index is -1.18. The maximum Gasteiger partial charge on any atom is 0.338 e. The molecule has 9 nitrogen and oxygen atoms in total. The number of para-hydroxylation sites is 2. The Morgan fingerprint density at radius 2 is 1.79 bits per heavy atom. The number of nitrogens with zero attached hydrogens (tertiary/aromatic N) is 3. The van der Waals surface area contributed by atoms with E-state index < -0.39 is 17.8 Å². The molecule has 3 aromatic carbocycles. The summed E-state index contributed by atoms with van der Waals surface area (Å²) in [7, 11) is 0. The molecule has 0 saturated heterocycles. The van der Waals surface area contributed by atoms with Gasteiger partial charge in [0.1, 0.15) is 22.8 Å². The summed E-state index contributed by atoms with van der Waals surface area (Å²) in [5, 5.41) is 31.7. The molecule has 1 heterocycles. The highest BCUT2D eigenvalue weighted by molar-refractivity contribution is 6.45. The van der Waals surface area contributed by atoms with E-state index >= 15 is 0 Å². The summed E-state index contributed by atoms with van der Waals surface area (Å²) in [6, 6.07) is 19.2. The Morgan fingerprint density at radius 1 is 1.08 bits per heavy atom. The van der Waals surface area contributed by atoms with Gasteiger partial charge >= 0.3 is 5.97 Å². The number of hydrogen-bond donors (Lipinski definition) is 3. The molecule has 1 unspecified atom stereocenters. The Bertz CT molecular complexity index is 1380. The van der Waals surface area contributed by atoms with Crippen LogP contribution in [0.15, 0.2) is 76.9 Å². The first-order chi connectivity index (χ1) is 18.1. The fourth-order valence-electron chi connectivity index (χ4n) is 3.90. The summed E-state index contributed by atoms with van der Waals surface area (Å²) in [6.07, 6.45) is -1.18. The van der Waals surface area contributed by atoms with Crippen LogP contribution in [0.1, 0.15) is 45.0 Å². The third-order valence-electron chi connectivity index (χ3n) is 5.61. The van der Waals surface area contributed by atoms with Gasteiger partial charge in [-0.05, 0) is 82.1 Å². The van der Waals surface area contributed by atoms with Crippen LogP contribution in [0.2, 0.25) is 0 Å². The molecular formula is C29H32N4O5. The number of aromatic hydroxyl groups is 1. The SMILES string of the molecule is CCOc1ccccc1N/N=C1\C(C)=NN(c2cc(O)cc(-c3ccc(C(=O)OC(C)(C)C)cc3)c2)C1O. The van der Waals surface area contributed by atoms with Crippen LogP contribution < -0.4 is 15.2 Å². The Morgan fingerprint density at radius 3 is 2.47 bits per heavy atom. The Hall–Kier alpha value is -4.37. The standard InChI is InChI=1S/C29H32N4O5/c1-6-37-25-10-8-7-9-24(25)30-31-26-18(2)32-33(27(26)35)22-15-21(16-23(34)17-22)19-11-13-20(14-12-19)28(36)38-29(3,4)5/h7-17,27,30,34-35H,6H2,1-5H3/b31-26+. The van der Waals surface area contributed by atoms with Crippen molar-refractivity contribution in [1.82, 2.24) is 0 Å². The third kappa shape index (κ3) is 6.12. The molecule has 0 radical (unpaired) electrons. The van der Waals surface area contributed by atoms with Crippen LogP contribution in [-0.4, -0.2) is 46.0 Å². The quantitative estimate of drug-likeness (QED) is 0.285. The van der Waals surface area contributed by atoms with E-state index in [0.717, 1.165) is 5.56 Å². The number of carbonyl (C=O) groups excluding carboxylic acids is 1. The van der Waals surface area contributed by atoms with E-state index in [9.17, 15) is 15.0 Å². The number of aliphatic hydroxyl groups excluding tert-OH is 1. The first-order valence-electron chi connectivity index (χ1n) is 12.3. The molecule has 9 heteroatoms. The zero-order valence-corrected chi connectivity index (χ0v) is 22.1. The van der Waals surface area contributed by atoms with Crippen LogP contribution in [0.25, 0.3) is 11.1 Å². The van der Waals surface area contributed by atoms with Gasteiger partial charge in [-0.15, -0.1) is 0 Å². The highest BCUT2D eigenvalue weighted by atomic mass is 16.6. The average molecular weight is 517 g/mol. The van der Waals surface area contributed by atoms with Gasteiger partial charge in [0, 0.05) is 6.07 Å². The number of hydrogen-bond acceptors (Lipinski definition) is 9. The summed E-state index contributed by atoms with van der Waals surface area (Å²) >= 11 is 0.